The van der Waals surface area contributed by atoms with Gasteiger partial charge in [0, 0.05) is 20.0 Å². The highest BCUT2D eigenvalue weighted by Gasteiger charge is 2.23. The highest BCUT2D eigenvalue weighted by atomic mass is 16.6. The maximum atomic E-state index is 10.7. The van der Waals surface area contributed by atoms with Crippen LogP contribution in [-0.2, 0) is 7.05 Å². The molecule has 0 spiro atoms. The van der Waals surface area contributed by atoms with Crippen molar-refractivity contribution >= 4 is 11.6 Å². The largest absolute Gasteiger partial charge is 0.406 e. The molecule has 0 atom stereocenters. The molecule has 1 aromatic rings. The molecule has 0 aliphatic heterocycles. The molecule has 0 saturated carbocycles. The fourth-order valence-electron chi connectivity index (χ4n) is 1.16. The van der Waals surface area contributed by atoms with E-state index in [9.17, 15) is 10.1 Å². The van der Waals surface area contributed by atoms with Gasteiger partial charge in [0.2, 0.25) is 11.6 Å². The summed E-state index contributed by atoms with van der Waals surface area (Å²) in [4.78, 5) is 14.0. The van der Waals surface area contributed by atoms with Gasteiger partial charge in [0.25, 0.3) is 0 Å². The van der Waals surface area contributed by atoms with Gasteiger partial charge in [-0.1, -0.05) is 0 Å². The third kappa shape index (κ3) is 1.84. The molecule has 1 N–H and O–H groups in total. The molecule has 0 aliphatic carbocycles. The molecule has 0 fully saturated rings. The molecule has 1 rings (SSSR count). The monoisotopic (exact) mass is 198 g/mol. The maximum Gasteiger partial charge on any atom is 0.406 e. The molecular weight excluding hydrogens is 184 g/mol. The number of anilines is 1. The third-order valence-electron chi connectivity index (χ3n) is 1.90. The highest BCUT2D eigenvalue weighted by Crippen LogP contribution is 2.24. The Morgan fingerprint density at radius 1 is 1.57 bits per heavy atom. The first-order chi connectivity index (χ1) is 6.43. The summed E-state index contributed by atoms with van der Waals surface area (Å²) in [5, 5.41) is 13.7. The fourth-order valence-corrected chi connectivity index (χ4v) is 1.16. The van der Waals surface area contributed by atoms with E-state index in [1.54, 1.807) is 18.5 Å². The highest BCUT2D eigenvalue weighted by molar-refractivity contribution is 5.53. The summed E-state index contributed by atoms with van der Waals surface area (Å²) in [7, 11) is 1.75. The Morgan fingerprint density at radius 2 is 2.14 bits per heavy atom. The Hall–Kier alpha value is -1.59. The predicted octanol–water partition coefficient (Wildman–Crippen LogP) is 1.46. The average Bonchev–Trinajstić information content (AvgIpc) is 2.32. The second-order valence-corrected chi connectivity index (χ2v) is 3.45. The minimum absolute atomic E-state index is 0.112. The molecule has 0 radical (unpaired) electrons. The van der Waals surface area contributed by atoms with E-state index in [1.807, 2.05) is 13.8 Å². The van der Waals surface area contributed by atoms with E-state index in [0.29, 0.717) is 11.6 Å². The molecule has 0 saturated heterocycles. The maximum absolute atomic E-state index is 10.7. The van der Waals surface area contributed by atoms with Crippen LogP contribution in [0.25, 0.3) is 0 Å². The van der Waals surface area contributed by atoms with Crippen LogP contribution in [0.3, 0.4) is 0 Å². The molecule has 6 heteroatoms. The molecule has 14 heavy (non-hydrogen) atoms. The zero-order chi connectivity index (χ0) is 10.9. The van der Waals surface area contributed by atoms with Crippen molar-refractivity contribution in [2.45, 2.75) is 26.8 Å². The summed E-state index contributed by atoms with van der Waals surface area (Å²) in [6.07, 6.45) is 0. The van der Waals surface area contributed by atoms with Crippen LogP contribution in [-0.4, -0.2) is 20.5 Å². The predicted molar refractivity (Wildman–Crippen MR) is 53.4 cm³/mol. The Balaban J connectivity index is 3.16. The first kappa shape index (κ1) is 10.5. The fraction of sp³-hybridized carbons (Fsp3) is 0.625. The van der Waals surface area contributed by atoms with Crippen molar-refractivity contribution in [2.24, 2.45) is 7.05 Å². The number of nitrogens with one attached hydrogen (secondary N) is 1. The Kier molecular flexibility index (Phi) is 2.73. The van der Waals surface area contributed by atoms with E-state index in [-0.39, 0.29) is 11.9 Å². The van der Waals surface area contributed by atoms with Gasteiger partial charge in [-0.2, -0.15) is 0 Å². The van der Waals surface area contributed by atoms with Gasteiger partial charge in [0.05, 0.1) is 0 Å². The van der Waals surface area contributed by atoms with Gasteiger partial charge in [-0.3, -0.25) is 4.57 Å². The van der Waals surface area contributed by atoms with Gasteiger partial charge in [-0.15, -0.1) is 0 Å². The number of rotatable bonds is 3. The lowest BCUT2D eigenvalue weighted by Crippen LogP contribution is -2.14. The summed E-state index contributed by atoms with van der Waals surface area (Å²) in [6, 6.07) is 0.142. The molecule has 0 bridgehead atoms. The van der Waals surface area contributed by atoms with Gasteiger partial charge in [-0.05, 0) is 23.8 Å². The second-order valence-electron chi connectivity index (χ2n) is 3.45. The van der Waals surface area contributed by atoms with Crippen molar-refractivity contribution < 1.29 is 4.92 Å². The van der Waals surface area contributed by atoms with Crippen LogP contribution >= 0.6 is 0 Å². The summed E-state index contributed by atoms with van der Waals surface area (Å²) in [6.45, 7) is 5.58. The summed E-state index contributed by atoms with van der Waals surface area (Å²) in [5.74, 6) is 0.973. The lowest BCUT2D eigenvalue weighted by Gasteiger charge is -2.09. The average molecular weight is 198 g/mol. The summed E-state index contributed by atoms with van der Waals surface area (Å²) >= 11 is 0. The van der Waals surface area contributed by atoms with Crippen molar-refractivity contribution in [2.75, 3.05) is 5.32 Å². The molecule has 0 amide bonds. The van der Waals surface area contributed by atoms with Gasteiger partial charge in [-0.25, -0.2) is 0 Å². The topological polar surface area (TPSA) is 73.0 Å². The minimum atomic E-state index is -0.474. The number of hydrogen-bond donors (Lipinski definition) is 1. The SMILES string of the molecule is Cc1nc([N+](=O)[O-])c(NC(C)C)n1C. The lowest BCUT2D eigenvalue weighted by atomic mass is 10.4. The number of nitro groups is 1. The molecule has 0 aliphatic rings. The number of aryl methyl sites for hydroxylation is 1. The van der Waals surface area contributed by atoms with E-state index >= 15 is 0 Å². The molecule has 0 unspecified atom stereocenters. The van der Waals surface area contributed by atoms with Gasteiger partial charge in [0.1, 0.15) is 0 Å². The van der Waals surface area contributed by atoms with E-state index < -0.39 is 4.92 Å². The van der Waals surface area contributed by atoms with E-state index in [1.165, 1.54) is 0 Å². The van der Waals surface area contributed by atoms with Crippen molar-refractivity contribution in [3.63, 3.8) is 0 Å². The third-order valence-corrected chi connectivity index (χ3v) is 1.90. The van der Waals surface area contributed by atoms with Crippen molar-refractivity contribution in [1.82, 2.24) is 9.55 Å². The van der Waals surface area contributed by atoms with Gasteiger partial charge >= 0.3 is 5.82 Å². The first-order valence-electron chi connectivity index (χ1n) is 4.37. The molecule has 0 aromatic carbocycles. The quantitative estimate of drug-likeness (QED) is 0.589. The second kappa shape index (κ2) is 3.65. The van der Waals surface area contributed by atoms with Crippen molar-refractivity contribution in [3.05, 3.63) is 15.9 Å². The van der Waals surface area contributed by atoms with Crippen LogP contribution in [0.1, 0.15) is 19.7 Å². The number of aromatic nitrogens is 2. The Labute approximate surface area is 82.1 Å². The lowest BCUT2D eigenvalue weighted by molar-refractivity contribution is -0.388. The molecular formula is C8H14N4O2. The van der Waals surface area contributed by atoms with Crippen LogP contribution in [0.5, 0.6) is 0 Å². The van der Waals surface area contributed by atoms with E-state index in [0.717, 1.165) is 0 Å². The molecule has 1 heterocycles. The van der Waals surface area contributed by atoms with Crippen LogP contribution in [0.4, 0.5) is 11.6 Å². The van der Waals surface area contributed by atoms with Crippen LogP contribution in [0.2, 0.25) is 0 Å². The smallest absolute Gasteiger partial charge is 0.362 e. The van der Waals surface area contributed by atoms with Crippen molar-refractivity contribution in [1.29, 1.82) is 0 Å². The van der Waals surface area contributed by atoms with E-state index in [2.05, 4.69) is 10.3 Å². The Morgan fingerprint density at radius 3 is 2.57 bits per heavy atom. The summed E-state index contributed by atoms with van der Waals surface area (Å²) in [5.41, 5.74) is 0. The standard InChI is InChI=1S/C8H14N4O2/c1-5(2)9-7-8(12(13)14)10-6(3)11(7)4/h5,9H,1-4H3. The van der Waals surface area contributed by atoms with E-state index in [4.69, 9.17) is 0 Å². The normalized spacial score (nSPS) is 10.6. The summed E-state index contributed by atoms with van der Waals surface area (Å²) < 4.78 is 1.68. The van der Waals surface area contributed by atoms with Crippen LogP contribution < -0.4 is 5.32 Å². The van der Waals surface area contributed by atoms with Crippen LogP contribution in [0.15, 0.2) is 0 Å². The number of imidazole rings is 1. The minimum Gasteiger partial charge on any atom is -0.362 e. The Bertz CT molecular complexity index is 356. The molecule has 78 valence electrons. The first-order valence-corrected chi connectivity index (χ1v) is 4.37. The molecule has 6 nitrogen and oxygen atoms in total. The van der Waals surface area contributed by atoms with Gasteiger partial charge < -0.3 is 15.4 Å². The zero-order valence-electron chi connectivity index (χ0n) is 8.74. The van der Waals surface area contributed by atoms with Crippen molar-refractivity contribution in [3.8, 4) is 0 Å². The zero-order valence-corrected chi connectivity index (χ0v) is 8.74. The van der Waals surface area contributed by atoms with Crippen LogP contribution in [0, 0.1) is 17.0 Å². The number of nitrogens with zero attached hydrogens (tertiary/aromatic N) is 3. The van der Waals surface area contributed by atoms with Gasteiger partial charge in [0.15, 0.2) is 0 Å². The number of hydrogen-bond acceptors (Lipinski definition) is 4. The molecule has 1 aromatic heterocycles.